The van der Waals surface area contributed by atoms with E-state index in [1.807, 2.05) is 26.8 Å². The smallest absolute Gasteiger partial charge is 0.243 e. The van der Waals surface area contributed by atoms with Crippen LogP contribution in [-0.2, 0) is 10.0 Å². The lowest BCUT2D eigenvalue weighted by atomic mass is 10.1. The third-order valence-corrected chi connectivity index (χ3v) is 5.81. The quantitative estimate of drug-likeness (QED) is 0.801. The van der Waals surface area contributed by atoms with Crippen LogP contribution in [0.5, 0.6) is 0 Å². The minimum atomic E-state index is -3.46. The molecule has 0 bridgehead atoms. The number of sulfonamides is 1. The van der Waals surface area contributed by atoms with E-state index >= 15 is 0 Å². The Morgan fingerprint density at radius 1 is 1.24 bits per heavy atom. The van der Waals surface area contributed by atoms with Crippen LogP contribution in [0.25, 0.3) is 0 Å². The van der Waals surface area contributed by atoms with Gasteiger partial charge in [0.25, 0.3) is 0 Å². The molecule has 0 spiro atoms. The lowest BCUT2D eigenvalue weighted by Gasteiger charge is -2.28. The number of nitrogens with two attached hydrogens (primary N) is 1. The zero-order valence-electron chi connectivity index (χ0n) is 13.5. The standard InChI is InChI=1S/C16H28N2O2S/c1-5-7-11-18(13(3)6-2)21(19,20)16-10-8-9-15(12-16)14(4)17/h8-10,12-14H,5-7,11,17H2,1-4H3. The Bertz CT molecular complexity index is 541. The maximum Gasteiger partial charge on any atom is 0.243 e. The first-order chi connectivity index (χ1) is 9.84. The Labute approximate surface area is 129 Å². The molecule has 0 amide bonds. The highest BCUT2D eigenvalue weighted by Gasteiger charge is 2.27. The average molecular weight is 312 g/mol. The van der Waals surface area contributed by atoms with Crippen LogP contribution >= 0.6 is 0 Å². The predicted molar refractivity (Wildman–Crippen MR) is 87.6 cm³/mol. The van der Waals surface area contributed by atoms with Gasteiger partial charge in [0.05, 0.1) is 4.90 Å². The van der Waals surface area contributed by atoms with Gasteiger partial charge in [0.15, 0.2) is 0 Å². The van der Waals surface area contributed by atoms with E-state index in [9.17, 15) is 8.42 Å². The lowest BCUT2D eigenvalue weighted by molar-refractivity contribution is 0.324. The summed E-state index contributed by atoms with van der Waals surface area (Å²) < 4.78 is 27.4. The van der Waals surface area contributed by atoms with Gasteiger partial charge in [-0.25, -0.2) is 8.42 Å². The molecule has 0 saturated carbocycles. The van der Waals surface area contributed by atoms with Crippen molar-refractivity contribution < 1.29 is 8.42 Å². The van der Waals surface area contributed by atoms with Gasteiger partial charge in [-0.15, -0.1) is 0 Å². The van der Waals surface area contributed by atoms with Gasteiger partial charge >= 0.3 is 0 Å². The van der Waals surface area contributed by atoms with Gasteiger partial charge in [-0.3, -0.25) is 0 Å². The number of unbranched alkanes of at least 4 members (excludes halogenated alkanes) is 1. The molecule has 1 aromatic rings. The Morgan fingerprint density at radius 3 is 2.43 bits per heavy atom. The molecule has 2 unspecified atom stereocenters. The normalized spacial score (nSPS) is 15.1. The molecule has 1 aromatic carbocycles. The van der Waals surface area contributed by atoms with Crippen LogP contribution in [0.15, 0.2) is 29.2 Å². The van der Waals surface area contributed by atoms with Crippen molar-refractivity contribution in [2.24, 2.45) is 5.73 Å². The van der Waals surface area contributed by atoms with Gasteiger partial charge < -0.3 is 5.73 Å². The van der Waals surface area contributed by atoms with E-state index in [2.05, 4.69) is 6.92 Å². The molecule has 0 saturated heterocycles. The highest BCUT2D eigenvalue weighted by atomic mass is 32.2. The second kappa shape index (κ2) is 7.92. The zero-order chi connectivity index (χ0) is 16.0. The average Bonchev–Trinajstić information content (AvgIpc) is 2.47. The van der Waals surface area contributed by atoms with Gasteiger partial charge in [-0.1, -0.05) is 32.4 Å². The highest BCUT2D eigenvalue weighted by molar-refractivity contribution is 7.89. The van der Waals surface area contributed by atoms with E-state index < -0.39 is 10.0 Å². The van der Waals surface area contributed by atoms with Crippen molar-refractivity contribution in [2.45, 2.75) is 63.9 Å². The zero-order valence-corrected chi connectivity index (χ0v) is 14.4. The number of hydrogen-bond acceptors (Lipinski definition) is 3. The first kappa shape index (κ1) is 18.1. The van der Waals surface area contributed by atoms with E-state index in [1.165, 1.54) is 0 Å². The van der Waals surface area contributed by atoms with Crippen LogP contribution in [0.4, 0.5) is 0 Å². The Hall–Kier alpha value is -0.910. The summed E-state index contributed by atoms with van der Waals surface area (Å²) in [5.41, 5.74) is 6.70. The maximum absolute atomic E-state index is 12.9. The molecule has 2 atom stereocenters. The maximum atomic E-state index is 12.9. The SMILES string of the molecule is CCCCN(C(C)CC)S(=O)(=O)c1cccc(C(C)N)c1. The summed E-state index contributed by atoms with van der Waals surface area (Å²) in [4.78, 5) is 0.341. The van der Waals surface area contributed by atoms with Gasteiger partial charge in [0.1, 0.15) is 0 Å². The molecule has 0 fully saturated rings. The third-order valence-electron chi connectivity index (χ3n) is 3.80. The summed E-state index contributed by atoms with van der Waals surface area (Å²) in [6.07, 6.45) is 2.65. The monoisotopic (exact) mass is 312 g/mol. The molecule has 0 heterocycles. The fourth-order valence-electron chi connectivity index (χ4n) is 2.19. The summed E-state index contributed by atoms with van der Waals surface area (Å²) in [5.74, 6) is 0. The second-order valence-electron chi connectivity index (χ2n) is 5.59. The van der Waals surface area contributed by atoms with E-state index in [4.69, 9.17) is 5.73 Å². The van der Waals surface area contributed by atoms with Crippen molar-refractivity contribution in [3.63, 3.8) is 0 Å². The number of nitrogens with zero attached hydrogens (tertiary/aromatic N) is 1. The van der Waals surface area contributed by atoms with E-state index in [0.717, 1.165) is 24.8 Å². The fraction of sp³-hybridized carbons (Fsp3) is 0.625. The van der Waals surface area contributed by atoms with Crippen LogP contribution in [0.3, 0.4) is 0 Å². The van der Waals surface area contributed by atoms with Crippen molar-refractivity contribution in [3.05, 3.63) is 29.8 Å². The second-order valence-corrected chi connectivity index (χ2v) is 7.48. The van der Waals surface area contributed by atoms with Gasteiger partial charge in [-0.2, -0.15) is 4.31 Å². The topological polar surface area (TPSA) is 63.4 Å². The Balaban J connectivity index is 3.18. The highest BCUT2D eigenvalue weighted by Crippen LogP contribution is 2.23. The third kappa shape index (κ3) is 4.53. The molecule has 21 heavy (non-hydrogen) atoms. The molecule has 0 aliphatic heterocycles. The van der Waals surface area contributed by atoms with E-state index in [1.54, 1.807) is 22.5 Å². The molecule has 0 aliphatic carbocycles. The number of rotatable bonds is 8. The van der Waals surface area contributed by atoms with Crippen molar-refractivity contribution in [3.8, 4) is 0 Å². The number of benzene rings is 1. The van der Waals surface area contributed by atoms with E-state index in [-0.39, 0.29) is 12.1 Å². The van der Waals surface area contributed by atoms with Crippen molar-refractivity contribution in [1.29, 1.82) is 0 Å². The first-order valence-electron chi connectivity index (χ1n) is 7.71. The minimum Gasteiger partial charge on any atom is -0.324 e. The van der Waals surface area contributed by atoms with Crippen LogP contribution < -0.4 is 5.73 Å². The number of hydrogen-bond donors (Lipinski definition) is 1. The summed E-state index contributed by atoms with van der Waals surface area (Å²) >= 11 is 0. The summed E-state index contributed by atoms with van der Waals surface area (Å²) in [6, 6.07) is 6.81. The molecule has 1 rings (SSSR count). The molecule has 0 aromatic heterocycles. The fourth-order valence-corrected chi connectivity index (χ4v) is 3.99. The summed E-state index contributed by atoms with van der Waals surface area (Å²) in [7, 11) is -3.46. The van der Waals surface area contributed by atoms with Crippen LogP contribution in [0.1, 0.15) is 58.6 Å². The van der Waals surface area contributed by atoms with Crippen molar-refractivity contribution in [2.75, 3.05) is 6.54 Å². The first-order valence-corrected chi connectivity index (χ1v) is 9.16. The molecule has 0 aliphatic rings. The molecular weight excluding hydrogens is 284 g/mol. The van der Waals surface area contributed by atoms with Crippen molar-refractivity contribution >= 4 is 10.0 Å². The largest absolute Gasteiger partial charge is 0.324 e. The molecule has 4 nitrogen and oxygen atoms in total. The van der Waals surface area contributed by atoms with Crippen LogP contribution in [-0.4, -0.2) is 25.3 Å². The Kier molecular flexibility index (Phi) is 6.84. The Morgan fingerprint density at radius 2 is 1.90 bits per heavy atom. The summed E-state index contributed by atoms with van der Waals surface area (Å²) in [6.45, 7) is 8.46. The van der Waals surface area contributed by atoms with Gasteiger partial charge in [0, 0.05) is 18.6 Å². The molecule has 2 N–H and O–H groups in total. The van der Waals surface area contributed by atoms with Crippen LogP contribution in [0, 0.1) is 0 Å². The summed E-state index contributed by atoms with van der Waals surface area (Å²) in [5, 5.41) is 0. The molecule has 120 valence electrons. The van der Waals surface area contributed by atoms with Gasteiger partial charge in [0.2, 0.25) is 10.0 Å². The molecule has 5 heteroatoms. The molecular formula is C16H28N2O2S. The lowest BCUT2D eigenvalue weighted by Crippen LogP contribution is -2.39. The van der Waals surface area contributed by atoms with Crippen molar-refractivity contribution in [1.82, 2.24) is 4.31 Å². The molecule has 0 radical (unpaired) electrons. The van der Waals surface area contributed by atoms with Gasteiger partial charge in [-0.05, 0) is 44.4 Å². The predicted octanol–water partition coefficient (Wildman–Crippen LogP) is 3.30. The van der Waals surface area contributed by atoms with Crippen LogP contribution in [0.2, 0.25) is 0 Å². The minimum absolute atomic E-state index is 0.000469. The van der Waals surface area contributed by atoms with E-state index in [0.29, 0.717) is 11.4 Å².